The summed E-state index contributed by atoms with van der Waals surface area (Å²) in [5.74, 6) is -0.154. The first-order valence-electron chi connectivity index (χ1n) is 6.67. The first kappa shape index (κ1) is 16.4. The number of amides is 1. The topological polar surface area (TPSA) is 59.2 Å². The molecule has 0 unspecified atom stereocenters. The smallest absolute Gasteiger partial charge is 0.262 e. The highest BCUT2D eigenvalue weighted by atomic mass is 127. The molecule has 0 radical (unpaired) electrons. The van der Waals surface area contributed by atoms with Crippen molar-refractivity contribution in [3.8, 4) is 10.6 Å². The lowest BCUT2D eigenvalue weighted by Gasteiger charge is -2.19. The molecule has 0 bridgehead atoms. The highest BCUT2D eigenvalue weighted by Crippen LogP contribution is 2.38. The van der Waals surface area contributed by atoms with Crippen LogP contribution >= 0.6 is 45.5 Å². The Morgan fingerprint density at radius 3 is 2.96 bits per heavy atom. The van der Waals surface area contributed by atoms with Gasteiger partial charge < -0.3 is 4.42 Å². The average Bonchev–Trinajstić information content (AvgIpc) is 3.23. The van der Waals surface area contributed by atoms with Crippen molar-refractivity contribution in [2.45, 2.75) is 0 Å². The second-order valence-electron chi connectivity index (χ2n) is 4.51. The van der Waals surface area contributed by atoms with Crippen LogP contribution in [0.5, 0.6) is 0 Å². The number of alkyl halides is 1. The lowest BCUT2D eigenvalue weighted by atomic mass is 10.3. The molecule has 3 aromatic heterocycles. The van der Waals surface area contributed by atoms with Crippen molar-refractivity contribution >= 4 is 56.4 Å². The number of nitrogens with zero attached hydrogens (tertiary/aromatic N) is 3. The molecule has 0 saturated carbocycles. The van der Waals surface area contributed by atoms with E-state index in [1.165, 1.54) is 23.9 Å². The van der Waals surface area contributed by atoms with Gasteiger partial charge in [-0.25, -0.2) is 4.98 Å². The van der Waals surface area contributed by atoms with Gasteiger partial charge in [0.25, 0.3) is 5.91 Å². The molecule has 0 aromatic carbocycles. The fraction of sp³-hybridized carbons (Fsp3) is 0.133. The van der Waals surface area contributed by atoms with Crippen LogP contribution in [0, 0.1) is 0 Å². The molecule has 0 fully saturated rings. The molecule has 0 aliphatic heterocycles. The molecule has 23 heavy (non-hydrogen) atoms. The Hall–Kier alpha value is -1.45. The summed E-state index contributed by atoms with van der Waals surface area (Å²) < 4.78 is 5.78. The maximum Gasteiger partial charge on any atom is 0.262 e. The Labute approximate surface area is 155 Å². The Balaban J connectivity index is 1.97. The van der Waals surface area contributed by atoms with Gasteiger partial charge in [0.15, 0.2) is 5.15 Å². The molecule has 1 amide bonds. The van der Waals surface area contributed by atoms with Crippen LogP contribution < -0.4 is 4.90 Å². The highest BCUT2D eigenvalue weighted by Gasteiger charge is 2.24. The summed E-state index contributed by atoms with van der Waals surface area (Å²) in [5, 5.41) is 1.68. The van der Waals surface area contributed by atoms with E-state index in [1.54, 1.807) is 23.4 Å². The van der Waals surface area contributed by atoms with Gasteiger partial charge in [-0.3, -0.25) is 14.7 Å². The van der Waals surface area contributed by atoms with Crippen molar-refractivity contribution in [3.63, 3.8) is 0 Å². The summed E-state index contributed by atoms with van der Waals surface area (Å²) in [6, 6.07) is 5.38. The lowest BCUT2D eigenvalue weighted by molar-refractivity contribution is 0.0988. The molecule has 8 heteroatoms. The van der Waals surface area contributed by atoms with Crippen LogP contribution in [-0.2, 0) is 0 Å². The van der Waals surface area contributed by atoms with E-state index < -0.39 is 0 Å². The maximum absolute atomic E-state index is 12.7. The summed E-state index contributed by atoms with van der Waals surface area (Å²) in [6.07, 6.45) is 6.33. The molecule has 0 atom stereocenters. The van der Waals surface area contributed by atoms with Gasteiger partial charge in [0.2, 0.25) is 0 Å². The third-order valence-corrected chi connectivity index (χ3v) is 5.03. The van der Waals surface area contributed by atoms with Crippen molar-refractivity contribution in [3.05, 3.63) is 53.8 Å². The molecule has 0 spiro atoms. The number of pyridine rings is 1. The van der Waals surface area contributed by atoms with Gasteiger partial charge in [-0.2, -0.15) is 0 Å². The number of carbonyl (C=O) groups is 1. The normalized spacial score (nSPS) is 10.7. The van der Waals surface area contributed by atoms with Crippen molar-refractivity contribution < 1.29 is 9.21 Å². The van der Waals surface area contributed by atoms with Crippen molar-refractivity contribution in [1.29, 1.82) is 0 Å². The molecule has 0 aliphatic carbocycles. The zero-order valence-electron chi connectivity index (χ0n) is 11.8. The fourth-order valence-electron chi connectivity index (χ4n) is 1.99. The fourth-order valence-corrected chi connectivity index (χ4v) is 3.80. The van der Waals surface area contributed by atoms with Gasteiger partial charge >= 0.3 is 0 Å². The third-order valence-electron chi connectivity index (χ3n) is 3.04. The number of hydrogen-bond acceptors (Lipinski definition) is 5. The molecule has 3 heterocycles. The number of hydrogen-bond donors (Lipinski definition) is 0. The molecule has 0 N–H and O–H groups in total. The number of furan rings is 1. The van der Waals surface area contributed by atoms with Crippen molar-refractivity contribution in [2.75, 3.05) is 15.9 Å². The summed E-state index contributed by atoms with van der Waals surface area (Å²) >= 11 is 9.89. The predicted molar refractivity (Wildman–Crippen MR) is 99.6 cm³/mol. The number of aromatic nitrogens is 2. The molecule has 0 saturated heterocycles. The largest absolute Gasteiger partial charge is 0.472 e. The Morgan fingerprint density at radius 1 is 1.43 bits per heavy atom. The van der Waals surface area contributed by atoms with Gasteiger partial charge in [0.1, 0.15) is 16.3 Å². The van der Waals surface area contributed by atoms with Gasteiger partial charge in [-0.15, -0.1) is 0 Å². The lowest BCUT2D eigenvalue weighted by Crippen LogP contribution is -2.31. The van der Waals surface area contributed by atoms with Crippen LogP contribution in [0.3, 0.4) is 0 Å². The monoisotopic (exact) mass is 459 g/mol. The second kappa shape index (κ2) is 7.41. The van der Waals surface area contributed by atoms with Crippen LogP contribution in [-0.4, -0.2) is 26.8 Å². The van der Waals surface area contributed by atoms with Crippen molar-refractivity contribution in [1.82, 2.24) is 9.97 Å². The number of halogens is 2. The molecular formula is C15H11ClIN3O2S. The first-order valence-corrected chi connectivity index (χ1v) is 9.39. The summed E-state index contributed by atoms with van der Waals surface area (Å²) in [5.41, 5.74) is 1.36. The zero-order valence-corrected chi connectivity index (χ0v) is 15.5. The summed E-state index contributed by atoms with van der Waals surface area (Å²) in [4.78, 5) is 22.8. The molecule has 3 rings (SSSR count). The highest BCUT2D eigenvalue weighted by molar-refractivity contribution is 14.1. The molecule has 3 aromatic rings. The van der Waals surface area contributed by atoms with Gasteiger partial charge in [-0.1, -0.05) is 45.5 Å². The number of carbonyl (C=O) groups excluding carboxylic acids is 1. The first-order chi connectivity index (χ1) is 11.2. The van der Waals surface area contributed by atoms with Crippen LogP contribution in [0.1, 0.15) is 10.4 Å². The van der Waals surface area contributed by atoms with E-state index in [4.69, 9.17) is 16.0 Å². The number of thiazole rings is 1. The average molecular weight is 460 g/mol. The predicted octanol–water partition coefficient (Wildman–Crippen LogP) is 4.53. The van der Waals surface area contributed by atoms with Gasteiger partial charge in [0, 0.05) is 28.9 Å². The standard InChI is InChI=1S/C15H11ClIN3O2S/c16-12-15(23-13(19-12)10-2-1-5-18-8-10)20(6-4-17)14(21)11-3-7-22-9-11/h1-3,5,7-9H,4,6H2. The van der Waals surface area contributed by atoms with Crippen LogP contribution in [0.4, 0.5) is 5.00 Å². The van der Waals surface area contributed by atoms with E-state index in [9.17, 15) is 4.79 Å². The Kier molecular flexibility index (Phi) is 5.29. The molecule has 0 aliphatic rings. The number of rotatable bonds is 5. The Bertz CT molecular complexity index is 792. The number of anilines is 1. The van der Waals surface area contributed by atoms with E-state index in [0.29, 0.717) is 22.3 Å². The van der Waals surface area contributed by atoms with Gasteiger partial charge in [-0.05, 0) is 18.2 Å². The van der Waals surface area contributed by atoms with E-state index in [-0.39, 0.29) is 5.91 Å². The van der Waals surface area contributed by atoms with E-state index in [0.717, 1.165) is 15.0 Å². The van der Waals surface area contributed by atoms with E-state index in [1.807, 2.05) is 12.1 Å². The minimum Gasteiger partial charge on any atom is -0.472 e. The summed E-state index contributed by atoms with van der Waals surface area (Å²) in [6.45, 7) is 0.541. The third kappa shape index (κ3) is 3.56. The quantitative estimate of drug-likeness (QED) is 0.415. The van der Waals surface area contributed by atoms with Crippen LogP contribution in [0.15, 0.2) is 47.5 Å². The van der Waals surface area contributed by atoms with Crippen LogP contribution in [0.25, 0.3) is 10.6 Å². The zero-order chi connectivity index (χ0) is 16.2. The van der Waals surface area contributed by atoms with Crippen molar-refractivity contribution in [2.24, 2.45) is 0 Å². The molecule has 118 valence electrons. The van der Waals surface area contributed by atoms with Gasteiger partial charge in [0.05, 0.1) is 11.8 Å². The Morgan fingerprint density at radius 2 is 2.30 bits per heavy atom. The second-order valence-corrected chi connectivity index (χ2v) is 6.93. The SMILES string of the molecule is O=C(c1ccoc1)N(CCI)c1sc(-c2cccnc2)nc1Cl. The minimum absolute atomic E-state index is 0.154. The minimum atomic E-state index is -0.154. The van der Waals surface area contributed by atoms with E-state index >= 15 is 0 Å². The summed E-state index contributed by atoms with van der Waals surface area (Å²) in [7, 11) is 0. The molecule has 5 nitrogen and oxygen atoms in total. The van der Waals surface area contributed by atoms with Crippen LogP contribution in [0.2, 0.25) is 5.15 Å². The van der Waals surface area contributed by atoms with E-state index in [2.05, 4.69) is 32.6 Å². The maximum atomic E-state index is 12.7. The molecular weight excluding hydrogens is 449 g/mol.